The summed E-state index contributed by atoms with van der Waals surface area (Å²) in [5.41, 5.74) is 1.32. The molecule has 0 aliphatic carbocycles. The highest BCUT2D eigenvalue weighted by Crippen LogP contribution is 2.14. The van der Waals surface area contributed by atoms with Crippen molar-refractivity contribution >= 4 is 11.6 Å². The maximum atomic E-state index is 9.28. The zero-order valence-electron chi connectivity index (χ0n) is 6.37. The molecule has 3 heteroatoms. The van der Waals surface area contributed by atoms with Crippen LogP contribution in [-0.2, 0) is 0 Å². The van der Waals surface area contributed by atoms with Gasteiger partial charge < -0.3 is 5.11 Å². The SMILES string of the molecule is N#Cc1ccc([C@H](O)CCl)cc1. The fraction of sp³-hybridized carbons (Fsp3) is 0.222. The van der Waals surface area contributed by atoms with Gasteiger partial charge in [0.2, 0.25) is 0 Å². The number of halogens is 1. The lowest BCUT2D eigenvalue weighted by Crippen LogP contribution is -1.97. The summed E-state index contributed by atoms with van der Waals surface area (Å²) in [7, 11) is 0. The van der Waals surface area contributed by atoms with Gasteiger partial charge in [-0.25, -0.2) is 0 Å². The molecule has 1 aromatic carbocycles. The Labute approximate surface area is 76.0 Å². The minimum atomic E-state index is -0.639. The number of aliphatic hydroxyl groups excluding tert-OH is 1. The van der Waals surface area contributed by atoms with Crippen molar-refractivity contribution in [2.75, 3.05) is 5.88 Å². The van der Waals surface area contributed by atoms with Gasteiger partial charge in [-0.05, 0) is 17.7 Å². The molecule has 62 valence electrons. The first-order valence-electron chi connectivity index (χ1n) is 3.52. The van der Waals surface area contributed by atoms with Gasteiger partial charge in [-0.2, -0.15) is 5.26 Å². The Morgan fingerprint density at radius 2 is 2.00 bits per heavy atom. The molecular formula is C9H8ClNO. The zero-order valence-corrected chi connectivity index (χ0v) is 7.12. The van der Waals surface area contributed by atoms with E-state index in [1.54, 1.807) is 24.3 Å². The molecule has 0 unspecified atom stereocenters. The first-order chi connectivity index (χ1) is 5.77. The van der Waals surface area contributed by atoms with E-state index in [0.29, 0.717) is 5.56 Å². The lowest BCUT2D eigenvalue weighted by molar-refractivity contribution is 0.202. The van der Waals surface area contributed by atoms with Crippen LogP contribution in [0.5, 0.6) is 0 Å². The predicted octanol–water partition coefficient (Wildman–Crippen LogP) is 1.83. The Morgan fingerprint density at radius 1 is 1.42 bits per heavy atom. The number of rotatable bonds is 2. The molecule has 0 bridgehead atoms. The molecule has 0 aromatic heterocycles. The van der Waals surface area contributed by atoms with E-state index in [0.717, 1.165) is 5.56 Å². The smallest absolute Gasteiger partial charge is 0.0991 e. The Bertz CT molecular complexity index is 288. The van der Waals surface area contributed by atoms with Crippen molar-refractivity contribution in [3.8, 4) is 6.07 Å². The maximum absolute atomic E-state index is 9.28. The monoisotopic (exact) mass is 181 g/mol. The van der Waals surface area contributed by atoms with Crippen LogP contribution in [0.1, 0.15) is 17.2 Å². The van der Waals surface area contributed by atoms with Crippen molar-refractivity contribution < 1.29 is 5.11 Å². The third kappa shape index (κ3) is 1.97. The molecule has 0 saturated carbocycles. The minimum absolute atomic E-state index is 0.173. The first-order valence-corrected chi connectivity index (χ1v) is 4.05. The van der Waals surface area contributed by atoms with E-state index in [2.05, 4.69) is 0 Å². The van der Waals surface area contributed by atoms with E-state index in [1.165, 1.54) is 0 Å². The predicted molar refractivity (Wildman–Crippen MR) is 46.8 cm³/mol. The summed E-state index contributed by atoms with van der Waals surface area (Å²) in [5, 5.41) is 17.8. The van der Waals surface area contributed by atoms with E-state index in [4.69, 9.17) is 16.9 Å². The van der Waals surface area contributed by atoms with E-state index < -0.39 is 6.10 Å². The fourth-order valence-electron chi connectivity index (χ4n) is 0.869. The summed E-state index contributed by atoms with van der Waals surface area (Å²) < 4.78 is 0. The van der Waals surface area contributed by atoms with Gasteiger partial charge in [-0.15, -0.1) is 11.6 Å². The lowest BCUT2D eigenvalue weighted by atomic mass is 10.1. The normalized spacial score (nSPS) is 12.1. The Morgan fingerprint density at radius 3 is 2.42 bits per heavy atom. The molecule has 0 fully saturated rings. The summed E-state index contributed by atoms with van der Waals surface area (Å²) in [5.74, 6) is 0.173. The van der Waals surface area contributed by atoms with Gasteiger partial charge in [-0.3, -0.25) is 0 Å². The quantitative estimate of drug-likeness (QED) is 0.708. The molecule has 0 saturated heterocycles. The molecule has 12 heavy (non-hydrogen) atoms. The highest BCUT2D eigenvalue weighted by molar-refractivity contribution is 6.18. The second kappa shape index (κ2) is 4.10. The van der Waals surface area contributed by atoms with Crippen LogP contribution in [0.3, 0.4) is 0 Å². The van der Waals surface area contributed by atoms with Gasteiger partial charge in [-0.1, -0.05) is 12.1 Å². The van der Waals surface area contributed by atoms with Crippen LogP contribution < -0.4 is 0 Å². The Kier molecular flexibility index (Phi) is 3.09. The number of hydrogen-bond donors (Lipinski definition) is 1. The number of nitriles is 1. The van der Waals surface area contributed by atoms with Crippen molar-refractivity contribution in [1.82, 2.24) is 0 Å². The molecule has 1 atom stereocenters. The summed E-state index contributed by atoms with van der Waals surface area (Å²) in [6, 6.07) is 8.71. The molecule has 0 amide bonds. The van der Waals surface area contributed by atoms with Crippen molar-refractivity contribution in [1.29, 1.82) is 5.26 Å². The van der Waals surface area contributed by atoms with Crippen molar-refractivity contribution in [2.24, 2.45) is 0 Å². The molecule has 1 aromatic rings. The van der Waals surface area contributed by atoms with Crippen LogP contribution in [0.15, 0.2) is 24.3 Å². The molecule has 2 nitrogen and oxygen atoms in total. The van der Waals surface area contributed by atoms with Gasteiger partial charge in [0.1, 0.15) is 0 Å². The van der Waals surface area contributed by atoms with Crippen molar-refractivity contribution in [3.05, 3.63) is 35.4 Å². The third-order valence-corrected chi connectivity index (χ3v) is 1.86. The third-order valence-electron chi connectivity index (χ3n) is 1.57. The molecule has 1 N–H and O–H groups in total. The zero-order chi connectivity index (χ0) is 8.97. The average molecular weight is 182 g/mol. The standard InChI is InChI=1S/C9H8ClNO/c10-5-9(12)8-3-1-7(6-11)2-4-8/h1-4,9,12H,5H2/t9-/m1/s1. The highest BCUT2D eigenvalue weighted by Gasteiger charge is 2.04. The maximum Gasteiger partial charge on any atom is 0.0991 e. The minimum Gasteiger partial charge on any atom is -0.387 e. The second-order valence-corrected chi connectivity index (χ2v) is 2.71. The Balaban J connectivity index is 2.86. The molecule has 1 rings (SSSR count). The van der Waals surface area contributed by atoms with Crippen LogP contribution in [-0.4, -0.2) is 11.0 Å². The molecule has 0 radical (unpaired) electrons. The topological polar surface area (TPSA) is 44.0 Å². The van der Waals surface area contributed by atoms with Crippen LogP contribution in [0, 0.1) is 11.3 Å². The van der Waals surface area contributed by atoms with Gasteiger partial charge >= 0.3 is 0 Å². The van der Waals surface area contributed by atoms with Gasteiger partial charge in [0.25, 0.3) is 0 Å². The molecule has 0 aliphatic heterocycles. The van der Waals surface area contributed by atoms with Crippen LogP contribution in [0.4, 0.5) is 0 Å². The van der Waals surface area contributed by atoms with E-state index in [1.807, 2.05) is 6.07 Å². The van der Waals surface area contributed by atoms with E-state index in [-0.39, 0.29) is 5.88 Å². The van der Waals surface area contributed by atoms with Crippen molar-refractivity contribution in [2.45, 2.75) is 6.10 Å². The number of nitrogens with zero attached hydrogens (tertiary/aromatic N) is 1. The summed E-state index contributed by atoms with van der Waals surface area (Å²) in [6.07, 6.45) is -0.639. The molecule has 0 aliphatic rings. The molecular weight excluding hydrogens is 174 g/mol. The highest BCUT2D eigenvalue weighted by atomic mass is 35.5. The number of hydrogen-bond acceptors (Lipinski definition) is 2. The molecule has 0 heterocycles. The first kappa shape index (κ1) is 9.05. The van der Waals surface area contributed by atoms with Crippen LogP contribution in [0.2, 0.25) is 0 Å². The van der Waals surface area contributed by atoms with Crippen LogP contribution in [0.25, 0.3) is 0 Å². The van der Waals surface area contributed by atoms with Crippen molar-refractivity contribution in [3.63, 3.8) is 0 Å². The summed E-state index contributed by atoms with van der Waals surface area (Å²) in [4.78, 5) is 0. The van der Waals surface area contributed by atoms with Crippen LogP contribution >= 0.6 is 11.6 Å². The number of benzene rings is 1. The van der Waals surface area contributed by atoms with E-state index in [9.17, 15) is 5.11 Å². The average Bonchev–Trinajstić information content (AvgIpc) is 2.17. The number of aliphatic hydroxyl groups is 1. The summed E-state index contributed by atoms with van der Waals surface area (Å²) in [6.45, 7) is 0. The Hall–Kier alpha value is -1.04. The van der Waals surface area contributed by atoms with Gasteiger partial charge in [0.05, 0.1) is 23.6 Å². The molecule has 0 spiro atoms. The van der Waals surface area contributed by atoms with Gasteiger partial charge in [0, 0.05) is 0 Å². The summed E-state index contributed by atoms with van der Waals surface area (Å²) >= 11 is 5.45. The second-order valence-electron chi connectivity index (χ2n) is 2.40. The lowest BCUT2D eigenvalue weighted by Gasteiger charge is -2.05. The number of alkyl halides is 1. The van der Waals surface area contributed by atoms with Gasteiger partial charge in [0.15, 0.2) is 0 Å². The largest absolute Gasteiger partial charge is 0.387 e. The van der Waals surface area contributed by atoms with E-state index >= 15 is 0 Å². The fourth-order valence-corrected chi connectivity index (χ4v) is 1.05.